The lowest BCUT2D eigenvalue weighted by atomic mass is 10.2. The molecule has 0 heterocycles. The van der Waals surface area contributed by atoms with Gasteiger partial charge in [-0.05, 0) is 17.7 Å². The molecule has 0 saturated heterocycles. The number of aliphatic carboxylic acids is 1. The van der Waals surface area contributed by atoms with Crippen LogP contribution >= 0.6 is 11.8 Å². The summed E-state index contributed by atoms with van der Waals surface area (Å²) in [4.78, 5) is 23.0. The maximum absolute atomic E-state index is 11.7. The molecule has 0 aliphatic heterocycles. The molecule has 140 valence electrons. The van der Waals surface area contributed by atoms with Crippen LogP contribution in [0.25, 0.3) is 0 Å². The number of ether oxygens (including phenoxy) is 3. The number of carbonyl (C=O) groups excluding carboxylic acids is 1. The molecule has 1 aromatic carbocycles. The van der Waals surface area contributed by atoms with Gasteiger partial charge in [0.2, 0.25) is 0 Å². The van der Waals surface area contributed by atoms with E-state index in [0.717, 1.165) is 17.7 Å². The molecular formula is C17H25NO6S. The number of benzene rings is 1. The van der Waals surface area contributed by atoms with Gasteiger partial charge in [0, 0.05) is 19.5 Å². The van der Waals surface area contributed by atoms with Gasteiger partial charge in [0.15, 0.2) is 0 Å². The summed E-state index contributed by atoms with van der Waals surface area (Å²) in [5, 5.41) is 11.6. The molecule has 0 spiro atoms. The standard InChI is InChI=1S/C17H25NO6S/c1-22-9-10-23-8-5-11-25-13-15(16(19)20)18-17(21)24-12-14-6-3-2-4-7-14/h2-4,6-7,15H,5,8-13H2,1H3,(H,18,21)(H,19,20). The minimum absolute atomic E-state index is 0.102. The van der Waals surface area contributed by atoms with Crippen molar-refractivity contribution in [3.8, 4) is 0 Å². The van der Waals surface area contributed by atoms with Crippen molar-refractivity contribution in [2.24, 2.45) is 0 Å². The monoisotopic (exact) mass is 371 g/mol. The molecule has 1 atom stereocenters. The van der Waals surface area contributed by atoms with Crippen molar-refractivity contribution in [1.82, 2.24) is 5.32 Å². The number of rotatable bonds is 13. The first-order valence-corrected chi connectivity index (χ1v) is 9.13. The Kier molecular flexibility index (Phi) is 11.5. The number of carboxylic acid groups (broad SMARTS) is 1. The zero-order valence-electron chi connectivity index (χ0n) is 14.3. The molecular weight excluding hydrogens is 346 g/mol. The van der Waals surface area contributed by atoms with Gasteiger partial charge in [0.25, 0.3) is 0 Å². The van der Waals surface area contributed by atoms with Crippen LogP contribution < -0.4 is 5.32 Å². The van der Waals surface area contributed by atoms with Crippen LogP contribution in [0, 0.1) is 0 Å². The first-order chi connectivity index (χ1) is 12.1. The molecule has 1 unspecified atom stereocenters. The average molecular weight is 371 g/mol. The van der Waals surface area contributed by atoms with Crippen molar-refractivity contribution in [2.75, 3.05) is 38.4 Å². The van der Waals surface area contributed by atoms with Gasteiger partial charge in [0.1, 0.15) is 12.6 Å². The van der Waals surface area contributed by atoms with E-state index in [-0.39, 0.29) is 12.4 Å². The number of hydrogen-bond acceptors (Lipinski definition) is 6. The Balaban J connectivity index is 2.18. The van der Waals surface area contributed by atoms with Crippen molar-refractivity contribution in [1.29, 1.82) is 0 Å². The van der Waals surface area contributed by atoms with E-state index in [4.69, 9.17) is 14.2 Å². The zero-order chi connectivity index (χ0) is 18.3. The van der Waals surface area contributed by atoms with Crippen LogP contribution in [0.2, 0.25) is 0 Å². The second-order valence-electron chi connectivity index (χ2n) is 5.13. The average Bonchev–Trinajstić information content (AvgIpc) is 2.62. The largest absolute Gasteiger partial charge is 0.480 e. The molecule has 1 amide bonds. The number of carbonyl (C=O) groups is 2. The Morgan fingerprint density at radius 3 is 2.64 bits per heavy atom. The lowest BCUT2D eigenvalue weighted by Crippen LogP contribution is -2.42. The summed E-state index contributed by atoms with van der Waals surface area (Å²) in [5.74, 6) is -0.0637. The fourth-order valence-electron chi connectivity index (χ4n) is 1.79. The van der Waals surface area contributed by atoms with Gasteiger partial charge in [-0.25, -0.2) is 9.59 Å². The first kappa shape index (κ1) is 21.3. The third-order valence-electron chi connectivity index (χ3n) is 3.10. The fourth-order valence-corrected chi connectivity index (χ4v) is 2.74. The molecule has 1 aromatic rings. The number of nitrogens with one attached hydrogen (secondary N) is 1. The maximum atomic E-state index is 11.7. The maximum Gasteiger partial charge on any atom is 0.408 e. The van der Waals surface area contributed by atoms with E-state index in [1.54, 1.807) is 7.11 Å². The van der Waals surface area contributed by atoms with Crippen molar-refractivity contribution in [3.05, 3.63) is 35.9 Å². The summed E-state index contributed by atoms with van der Waals surface area (Å²) in [7, 11) is 1.61. The first-order valence-electron chi connectivity index (χ1n) is 7.98. The van der Waals surface area contributed by atoms with E-state index in [1.807, 2.05) is 30.3 Å². The van der Waals surface area contributed by atoms with E-state index in [9.17, 15) is 14.7 Å². The lowest BCUT2D eigenvalue weighted by Gasteiger charge is -2.14. The van der Waals surface area contributed by atoms with E-state index in [0.29, 0.717) is 19.8 Å². The number of thioether (sulfide) groups is 1. The van der Waals surface area contributed by atoms with Gasteiger partial charge in [-0.2, -0.15) is 11.8 Å². The molecule has 1 rings (SSSR count). The lowest BCUT2D eigenvalue weighted by molar-refractivity contribution is -0.138. The van der Waals surface area contributed by atoms with Crippen LogP contribution in [0.15, 0.2) is 30.3 Å². The van der Waals surface area contributed by atoms with Gasteiger partial charge in [-0.1, -0.05) is 30.3 Å². The molecule has 2 N–H and O–H groups in total. The molecule has 0 saturated carbocycles. The van der Waals surface area contributed by atoms with Crippen LogP contribution in [0.3, 0.4) is 0 Å². The van der Waals surface area contributed by atoms with Crippen LogP contribution in [-0.4, -0.2) is 61.6 Å². The van der Waals surface area contributed by atoms with E-state index in [2.05, 4.69) is 5.32 Å². The molecule has 7 nitrogen and oxygen atoms in total. The summed E-state index contributed by atoms with van der Waals surface area (Å²) in [6.45, 7) is 1.81. The highest BCUT2D eigenvalue weighted by molar-refractivity contribution is 7.99. The molecule has 0 aliphatic carbocycles. The van der Waals surface area contributed by atoms with Crippen LogP contribution in [-0.2, 0) is 25.6 Å². The predicted octanol–water partition coefficient (Wildman–Crippen LogP) is 2.15. The quantitative estimate of drug-likeness (QED) is 0.513. The molecule has 0 aliphatic rings. The van der Waals surface area contributed by atoms with Gasteiger partial charge in [0.05, 0.1) is 13.2 Å². The Bertz CT molecular complexity index is 499. The van der Waals surface area contributed by atoms with E-state index in [1.165, 1.54) is 11.8 Å². The van der Waals surface area contributed by atoms with Crippen LogP contribution in [0.4, 0.5) is 4.79 Å². The number of alkyl carbamates (subject to hydrolysis) is 1. The highest BCUT2D eigenvalue weighted by atomic mass is 32.2. The molecule has 0 bridgehead atoms. The van der Waals surface area contributed by atoms with Crippen LogP contribution in [0.5, 0.6) is 0 Å². The Morgan fingerprint density at radius 2 is 1.96 bits per heavy atom. The fraction of sp³-hybridized carbons (Fsp3) is 0.529. The third-order valence-corrected chi connectivity index (χ3v) is 4.24. The molecule has 0 aromatic heterocycles. The molecule has 8 heteroatoms. The topological polar surface area (TPSA) is 94.1 Å². The minimum atomic E-state index is -1.08. The zero-order valence-corrected chi connectivity index (χ0v) is 15.1. The van der Waals surface area contributed by atoms with Gasteiger partial charge in [-0.3, -0.25) is 0 Å². The summed E-state index contributed by atoms with van der Waals surface area (Å²) in [5.41, 5.74) is 0.840. The number of carboxylic acids is 1. The number of methoxy groups -OCH3 is 1. The van der Waals surface area contributed by atoms with Crippen molar-refractivity contribution >= 4 is 23.8 Å². The Hall–Kier alpha value is -1.77. The van der Waals surface area contributed by atoms with Crippen molar-refractivity contribution < 1.29 is 28.9 Å². The number of amides is 1. The highest BCUT2D eigenvalue weighted by Crippen LogP contribution is 2.07. The molecule has 0 fully saturated rings. The SMILES string of the molecule is COCCOCCCSCC(NC(=O)OCc1ccccc1)C(=O)O. The van der Waals surface area contributed by atoms with Gasteiger partial charge >= 0.3 is 12.1 Å². The summed E-state index contributed by atoms with van der Waals surface area (Å²) in [6.07, 6.45) is 0.0684. The highest BCUT2D eigenvalue weighted by Gasteiger charge is 2.20. The predicted molar refractivity (Wildman–Crippen MR) is 95.8 cm³/mol. The second-order valence-corrected chi connectivity index (χ2v) is 6.28. The second kappa shape index (κ2) is 13.5. The normalized spacial score (nSPS) is 11.7. The van der Waals surface area contributed by atoms with E-state index >= 15 is 0 Å². The van der Waals surface area contributed by atoms with Crippen molar-refractivity contribution in [3.63, 3.8) is 0 Å². The van der Waals surface area contributed by atoms with Crippen LogP contribution in [0.1, 0.15) is 12.0 Å². The summed E-state index contributed by atoms with van der Waals surface area (Å²) < 4.78 is 15.2. The number of hydrogen-bond donors (Lipinski definition) is 2. The van der Waals surface area contributed by atoms with Gasteiger partial charge < -0.3 is 24.6 Å². The van der Waals surface area contributed by atoms with E-state index < -0.39 is 18.1 Å². The summed E-state index contributed by atoms with van der Waals surface area (Å²) in [6, 6.07) is 8.21. The Morgan fingerprint density at radius 1 is 1.20 bits per heavy atom. The van der Waals surface area contributed by atoms with Crippen molar-refractivity contribution in [2.45, 2.75) is 19.1 Å². The third kappa shape index (κ3) is 10.6. The van der Waals surface area contributed by atoms with Gasteiger partial charge in [-0.15, -0.1) is 0 Å². The minimum Gasteiger partial charge on any atom is -0.480 e. The summed E-state index contributed by atoms with van der Waals surface area (Å²) >= 11 is 1.45. The molecule has 25 heavy (non-hydrogen) atoms. The molecule has 0 radical (unpaired) electrons. The smallest absolute Gasteiger partial charge is 0.408 e. The Labute approximate surface area is 152 Å².